The van der Waals surface area contributed by atoms with Gasteiger partial charge in [0, 0.05) is 21.4 Å². The van der Waals surface area contributed by atoms with Gasteiger partial charge in [-0.1, -0.05) is 78.3 Å². The minimum atomic E-state index is -1.98. The van der Waals surface area contributed by atoms with Crippen molar-refractivity contribution in [3.8, 4) is 0 Å². The summed E-state index contributed by atoms with van der Waals surface area (Å²) in [5.41, 5.74) is 3.04. The molecule has 0 bridgehead atoms. The van der Waals surface area contributed by atoms with Gasteiger partial charge in [0.1, 0.15) is 0 Å². The fourth-order valence-electron chi connectivity index (χ4n) is 5.41. The molecule has 2 N–H and O–H groups in total. The summed E-state index contributed by atoms with van der Waals surface area (Å²) in [6.45, 7) is 1.32. The maximum atomic E-state index is 12.1. The van der Waals surface area contributed by atoms with Crippen molar-refractivity contribution in [1.29, 1.82) is 0 Å². The number of nitrogens with zero attached hydrogens (tertiary/aromatic N) is 1. The van der Waals surface area contributed by atoms with E-state index in [2.05, 4.69) is 18.2 Å². The van der Waals surface area contributed by atoms with Gasteiger partial charge in [-0.3, -0.25) is 4.79 Å². The Morgan fingerprint density at radius 1 is 1.07 bits per heavy atom. The van der Waals surface area contributed by atoms with Crippen LogP contribution in [0.2, 0.25) is 5.02 Å². The highest BCUT2D eigenvalue weighted by Crippen LogP contribution is 2.53. The molecular weight excluding hydrogens is 594 g/mol. The smallest absolute Gasteiger partial charge is 0.340 e. The maximum Gasteiger partial charge on any atom is 0.340 e. The van der Waals surface area contributed by atoms with E-state index in [1.165, 1.54) is 14.0 Å². The van der Waals surface area contributed by atoms with E-state index in [0.29, 0.717) is 23.4 Å². The fourth-order valence-corrected chi connectivity index (χ4v) is 7.14. The highest BCUT2D eigenvalue weighted by atomic mass is 35.5. The molecule has 4 aromatic rings. The van der Waals surface area contributed by atoms with Crippen molar-refractivity contribution in [3.05, 3.63) is 112 Å². The molecule has 6 nitrogen and oxygen atoms in total. The number of carboxylic acids is 1. The summed E-state index contributed by atoms with van der Waals surface area (Å²) in [7, 11) is 1.43. The second-order valence-electron chi connectivity index (χ2n) is 11.7. The molecule has 2 atom stereocenters. The van der Waals surface area contributed by atoms with Crippen LogP contribution < -0.4 is 0 Å². The van der Waals surface area contributed by atoms with E-state index in [-0.39, 0.29) is 16.6 Å². The van der Waals surface area contributed by atoms with Crippen LogP contribution in [0, 0.1) is 5.41 Å². The number of rotatable bonds is 13. The van der Waals surface area contributed by atoms with Gasteiger partial charge in [-0.2, -0.15) is 11.8 Å². The number of carbonyl (C=O) groups is 2. The Hall–Kier alpha value is -3.65. The van der Waals surface area contributed by atoms with Crippen LogP contribution >= 0.6 is 23.4 Å². The summed E-state index contributed by atoms with van der Waals surface area (Å²) in [5.74, 6) is -0.635. The molecule has 1 aromatic heterocycles. The lowest BCUT2D eigenvalue weighted by molar-refractivity contribution is -0.157. The molecule has 0 radical (unpaired) electrons. The zero-order valence-electron chi connectivity index (χ0n) is 24.8. The molecule has 0 saturated heterocycles. The second kappa shape index (κ2) is 13.6. The lowest BCUT2D eigenvalue weighted by Crippen LogP contribution is -2.33. The summed E-state index contributed by atoms with van der Waals surface area (Å²) < 4.78 is 4.96. The number of aryl methyl sites for hydroxylation is 1. The Bertz CT molecular complexity index is 1700. The van der Waals surface area contributed by atoms with Crippen LogP contribution in [-0.2, 0) is 26.3 Å². The maximum absolute atomic E-state index is 12.1. The Labute approximate surface area is 267 Å². The molecule has 44 heavy (non-hydrogen) atoms. The molecule has 8 heteroatoms. The standard InChI is InChI=1S/C36H36ClNO5S/c1-35(42,34(40)41)30-9-4-3-7-25(30)13-17-32(44-23-36(18-19-36)22-33(39)43-2)27-8-5-6-24(20-27)10-15-29-16-12-26-11-14-28(37)21-31(26)38-29/h3-12,14-16,20-21,32,42H,13,17-19,22-23H2,1-2H3,(H,40,41)/b15-10+/t32-,35-/m1/s1. The van der Waals surface area contributed by atoms with Gasteiger partial charge >= 0.3 is 11.9 Å². The number of fused-ring (bicyclic) bond motifs is 1. The van der Waals surface area contributed by atoms with E-state index in [9.17, 15) is 19.8 Å². The van der Waals surface area contributed by atoms with E-state index in [4.69, 9.17) is 21.3 Å². The first-order chi connectivity index (χ1) is 21.1. The molecular formula is C36H36ClNO5S. The first kappa shape index (κ1) is 31.8. The number of aliphatic hydroxyl groups is 1. The Balaban J connectivity index is 1.38. The van der Waals surface area contributed by atoms with Crippen molar-refractivity contribution in [2.24, 2.45) is 5.41 Å². The second-order valence-corrected chi connectivity index (χ2v) is 13.3. The van der Waals surface area contributed by atoms with Crippen molar-refractivity contribution >= 4 is 58.4 Å². The SMILES string of the molecule is COC(=O)CC1(CS[C@H](CCc2ccccc2[C@@](C)(O)C(=O)O)c2cccc(/C=C/c3ccc4ccc(Cl)cc4n3)c2)CC1. The molecule has 5 rings (SSSR count). The van der Waals surface area contributed by atoms with Crippen LogP contribution in [0.15, 0.2) is 78.9 Å². The lowest BCUT2D eigenvalue weighted by atomic mass is 9.89. The normalized spacial score (nSPS) is 16.0. The van der Waals surface area contributed by atoms with E-state index in [1.807, 2.05) is 72.4 Å². The average molecular weight is 630 g/mol. The van der Waals surface area contributed by atoms with Crippen LogP contribution in [-0.4, -0.2) is 40.0 Å². The number of aromatic nitrogens is 1. The predicted molar refractivity (Wildman–Crippen MR) is 178 cm³/mol. The highest BCUT2D eigenvalue weighted by molar-refractivity contribution is 7.99. The molecule has 1 aliphatic carbocycles. The van der Waals surface area contributed by atoms with Gasteiger partial charge in [-0.05, 0) is 84.6 Å². The Morgan fingerprint density at radius 3 is 2.59 bits per heavy atom. The number of aliphatic carboxylic acids is 1. The molecule has 0 aliphatic heterocycles. The first-order valence-electron chi connectivity index (χ1n) is 14.7. The van der Waals surface area contributed by atoms with Gasteiger partial charge in [0.2, 0.25) is 0 Å². The summed E-state index contributed by atoms with van der Waals surface area (Å²) in [4.78, 5) is 28.6. The van der Waals surface area contributed by atoms with Gasteiger partial charge in [-0.15, -0.1) is 0 Å². The number of ether oxygens (including phenoxy) is 1. The number of hydrogen-bond donors (Lipinski definition) is 2. The number of halogens is 1. The van der Waals surface area contributed by atoms with Crippen molar-refractivity contribution in [2.75, 3.05) is 12.9 Å². The minimum absolute atomic E-state index is 0.0386. The van der Waals surface area contributed by atoms with Gasteiger partial charge in [0.25, 0.3) is 0 Å². The minimum Gasteiger partial charge on any atom is -0.479 e. The van der Waals surface area contributed by atoms with Crippen molar-refractivity contribution in [2.45, 2.75) is 49.9 Å². The number of benzene rings is 3. The number of carboxylic acid groups (broad SMARTS) is 1. The monoisotopic (exact) mass is 629 g/mol. The van der Waals surface area contributed by atoms with Crippen LogP contribution in [0.5, 0.6) is 0 Å². The predicted octanol–water partition coefficient (Wildman–Crippen LogP) is 8.10. The average Bonchev–Trinajstić information content (AvgIpc) is 3.79. The zero-order chi connectivity index (χ0) is 31.3. The Kier molecular flexibility index (Phi) is 9.78. The summed E-state index contributed by atoms with van der Waals surface area (Å²) >= 11 is 7.99. The van der Waals surface area contributed by atoms with Crippen molar-refractivity contribution < 1.29 is 24.5 Å². The van der Waals surface area contributed by atoms with Crippen LogP contribution in [0.4, 0.5) is 0 Å². The van der Waals surface area contributed by atoms with Crippen molar-refractivity contribution in [3.63, 3.8) is 0 Å². The van der Waals surface area contributed by atoms with Crippen molar-refractivity contribution in [1.82, 2.24) is 4.98 Å². The largest absolute Gasteiger partial charge is 0.479 e. The molecule has 0 spiro atoms. The number of methoxy groups -OCH3 is 1. The molecule has 228 valence electrons. The number of hydrogen-bond acceptors (Lipinski definition) is 6. The lowest BCUT2D eigenvalue weighted by Gasteiger charge is -2.24. The third kappa shape index (κ3) is 7.70. The fraction of sp³-hybridized carbons (Fsp3) is 0.306. The summed E-state index contributed by atoms with van der Waals surface area (Å²) in [5, 5.41) is 22.2. The molecule has 0 amide bonds. The van der Waals surface area contributed by atoms with Crippen LogP contribution in [0.25, 0.3) is 23.1 Å². The molecule has 1 heterocycles. The van der Waals surface area contributed by atoms with E-state index in [0.717, 1.165) is 58.3 Å². The molecule has 0 unspecified atom stereocenters. The third-order valence-electron chi connectivity index (χ3n) is 8.33. The summed E-state index contributed by atoms with van der Waals surface area (Å²) in [6.07, 6.45) is 7.76. The Morgan fingerprint density at radius 2 is 1.84 bits per heavy atom. The number of thioether (sulfide) groups is 1. The molecule has 3 aromatic carbocycles. The van der Waals surface area contributed by atoms with Crippen LogP contribution in [0.3, 0.4) is 0 Å². The van der Waals surface area contributed by atoms with Gasteiger partial charge in [-0.25, -0.2) is 9.78 Å². The summed E-state index contributed by atoms with van der Waals surface area (Å²) in [6, 6.07) is 25.3. The van der Waals surface area contributed by atoms with E-state index < -0.39 is 11.6 Å². The molecule has 1 saturated carbocycles. The quantitative estimate of drug-likeness (QED) is 0.144. The van der Waals surface area contributed by atoms with Gasteiger partial charge in [0.15, 0.2) is 5.60 Å². The number of carbonyl (C=O) groups excluding carboxylic acids is 1. The number of pyridine rings is 1. The van der Waals surface area contributed by atoms with E-state index >= 15 is 0 Å². The van der Waals surface area contributed by atoms with E-state index in [1.54, 1.807) is 12.1 Å². The highest BCUT2D eigenvalue weighted by Gasteiger charge is 2.45. The number of esters is 1. The molecule has 1 aliphatic rings. The molecule has 1 fully saturated rings. The van der Waals surface area contributed by atoms with Crippen LogP contribution in [0.1, 0.15) is 65.8 Å². The van der Waals surface area contributed by atoms with Gasteiger partial charge in [0.05, 0.1) is 24.7 Å². The topological polar surface area (TPSA) is 96.7 Å². The third-order valence-corrected chi connectivity index (χ3v) is 10.3. The first-order valence-corrected chi connectivity index (χ1v) is 16.1. The zero-order valence-corrected chi connectivity index (χ0v) is 26.4. The van der Waals surface area contributed by atoms with Gasteiger partial charge < -0.3 is 14.9 Å².